The van der Waals surface area contributed by atoms with Gasteiger partial charge in [0.1, 0.15) is 11.5 Å². The van der Waals surface area contributed by atoms with Crippen LogP contribution in [-0.4, -0.2) is 32.6 Å². The molecule has 0 fully saturated rings. The molecular formula is C18H18O5S. The van der Waals surface area contributed by atoms with Gasteiger partial charge in [-0.05, 0) is 43.3 Å². The normalized spacial score (nSPS) is 10.6. The Balaban J connectivity index is 1.97. The Morgan fingerprint density at radius 1 is 1.12 bits per heavy atom. The minimum Gasteiger partial charge on any atom is -0.497 e. The maximum atomic E-state index is 12.2. The van der Waals surface area contributed by atoms with E-state index in [1.807, 2.05) is 19.1 Å². The van der Waals surface area contributed by atoms with Crippen molar-refractivity contribution >= 4 is 29.2 Å². The third kappa shape index (κ3) is 4.70. The third-order valence-corrected chi connectivity index (χ3v) is 4.16. The highest BCUT2D eigenvalue weighted by atomic mass is 32.1. The molecule has 0 amide bonds. The zero-order chi connectivity index (χ0) is 17.5. The van der Waals surface area contributed by atoms with Gasteiger partial charge in [-0.15, -0.1) is 11.3 Å². The van der Waals surface area contributed by atoms with Crippen LogP contribution < -0.4 is 9.47 Å². The van der Waals surface area contributed by atoms with Crippen molar-refractivity contribution in [3.63, 3.8) is 0 Å². The lowest BCUT2D eigenvalue weighted by atomic mass is 10.1. The van der Waals surface area contributed by atoms with E-state index in [9.17, 15) is 9.59 Å². The van der Waals surface area contributed by atoms with E-state index in [-0.39, 0.29) is 12.4 Å². The summed E-state index contributed by atoms with van der Waals surface area (Å²) in [4.78, 5) is 26.1. The van der Waals surface area contributed by atoms with Gasteiger partial charge in [0.05, 0.1) is 19.8 Å². The van der Waals surface area contributed by atoms with Crippen LogP contribution in [0.15, 0.2) is 36.4 Å². The molecule has 6 heteroatoms. The minimum atomic E-state index is -0.573. The molecule has 1 aromatic heterocycles. The maximum Gasteiger partial charge on any atom is 0.331 e. The Labute approximate surface area is 144 Å². The summed E-state index contributed by atoms with van der Waals surface area (Å²) in [5.74, 6) is -0.00405. The van der Waals surface area contributed by atoms with E-state index in [2.05, 4.69) is 0 Å². The molecule has 0 aliphatic heterocycles. The molecular weight excluding hydrogens is 328 g/mol. The number of benzene rings is 1. The summed E-state index contributed by atoms with van der Waals surface area (Å²) in [5.41, 5.74) is 0.308. The predicted octanol–water partition coefficient (Wildman–Crippen LogP) is 3.51. The fraction of sp³-hybridized carbons (Fsp3) is 0.222. The second-order valence-electron chi connectivity index (χ2n) is 4.88. The maximum absolute atomic E-state index is 12.2. The minimum absolute atomic E-state index is 0.308. The fourth-order valence-corrected chi connectivity index (χ4v) is 2.77. The summed E-state index contributed by atoms with van der Waals surface area (Å²) < 4.78 is 15.2. The van der Waals surface area contributed by atoms with Crippen LogP contribution >= 0.6 is 11.3 Å². The molecule has 5 nitrogen and oxygen atoms in total. The summed E-state index contributed by atoms with van der Waals surface area (Å²) in [5, 5.41) is 0. The number of carbonyl (C=O) groups excluding carboxylic acids is 2. The second kappa shape index (κ2) is 8.31. The van der Waals surface area contributed by atoms with Crippen LogP contribution in [0.5, 0.6) is 11.5 Å². The lowest BCUT2D eigenvalue weighted by molar-refractivity contribution is -0.136. The topological polar surface area (TPSA) is 61.8 Å². The van der Waals surface area contributed by atoms with E-state index >= 15 is 0 Å². The van der Waals surface area contributed by atoms with E-state index in [0.717, 1.165) is 9.75 Å². The van der Waals surface area contributed by atoms with Crippen molar-refractivity contribution in [3.05, 3.63) is 51.7 Å². The van der Waals surface area contributed by atoms with Gasteiger partial charge in [0.25, 0.3) is 0 Å². The molecule has 1 heterocycles. The van der Waals surface area contributed by atoms with Crippen LogP contribution in [0.25, 0.3) is 6.08 Å². The molecule has 0 atom stereocenters. The number of methoxy groups -OCH3 is 2. The van der Waals surface area contributed by atoms with Crippen LogP contribution in [0.4, 0.5) is 0 Å². The first-order valence-electron chi connectivity index (χ1n) is 7.20. The monoisotopic (exact) mass is 346 g/mol. The van der Waals surface area contributed by atoms with E-state index in [1.165, 1.54) is 20.3 Å². The highest BCUT2D eigenvalue weighted by Crippen LogP contribution is 2.24. The van der Waals surface area contributed by atoms with Gasteiger partial charge in [-0.3, -0.25) is 4.79 Å². The standard InChI is InChI=1S/C18H18O5S/c1-12-4-6-14(24-12)7-9-18(20)23-11-16(19)15-10-13(21-2)5-8-17(15)22-3/h4-10H,11H2,1-3H3/b9-7+. The average molecular weight is 346 g/mol. The molecule has 0 aliphatic carbocycles. The van der Waals surface area contributed by atoms with Gasteiger partial charge in [-0.2, -0.15) is 0 Å². The van der Waals surface area contributed by atoms with Gasteiger partial charge in [-0.1, -0.05) is 0 Å². The van der Waals surface area contributed by atoms with Crippen molar-refractivity contribution in [2.75, 3.05) is 20.8 Å². The molecule has 0 bridgehead atoms. The van der Waals surface area contributed by atoms with Gasteiger partial charge in [-0.25, -0.2) is 4.79 Å². The van der Waals surface area contributed by atoms with Crippen LogP contribution in [0.3, 0.4) is 0 Å². The molecule has 0 radical (unpaired) electrons. The number of aryl methyl sites for hydroxylation is 1. The highest BCUT2D eigenvalue weighted by molar-refractivity contribution is 7.12. The molecule has 24 heavy (non-hydrogen) atoms. The quantitative estimate of drug-likeness (QED) is 0.436. The van der Waals surface area contributed by atoms with Crippen molar-refractivity contribution in [1.29, 1.82) is 0 Å². The van der Waals surface area contributed by atoms with Crippen LogP contribution in [0.1, 0.15) is 20.1 Å². The lowest BCUT2D eigenvalue weighted by Crippen LogP contribution is -2.13. The molecule has 126 valence electrons. The summed E-state index contributed by atoms with van der Waals surface area (Å²) >= 11 is 1.57. The van der Waals surface area contributed by atoms with E-state index in [0.29, 0.717) is 17.1 Å². The zero-order valence-electron chi connectivity index (χ0n) is 13.7. The molecule has 0 saturated heterocycles. The van der Waals surface area contributed by atoms with Crippen LogP contribution in [-0.2, 0) is 9.53 Å². The van der Waals surface area contributed by atoms with Crippen molar-refractivity contribution in [2.24, 2.45) is 0 Å². The number of carbonyl (C=O) groups is 2. The first-order valence-corrected chi connectivity index (χ1v) is 8.01. The van der Waals surface area contributed by atoms with Gasteiger partial charge < -0.3 is 14.2 Å². The van der Waals surface area contributed by atoms with Crippen molar-refractivity contribution in [1.82, 2.24) is 0 Å². The van der Waals surface area contributed by atoms with E-state index < -0.39 is 5.97 Å². The van der Waals surface area contributed by atoms with Gasteiger partial charge in [0.15, 0.2) is 6.61 Å². The number of ketones is 1. The summed E-state index contributed by atoms with van der Waals surface area (Å²) in [6.07, 6.45) is 2.97. The van der Waals surface area contributed by atoms with Crippen LogP contribution in [0.2, 0.25) is 0 Å². The zero-order valence-corrected chi connectivity index (χ0v) is 14.5. The number of rotatable bonds is 7. The number of esters is 1. The Hall–Kier alpha value is -2.60. The average Bonchev–Trinajstić information content (AvgIpc) is 3.02. The number of Topliss-reactive ketones (excluding diaryl/α,β-unsaturated/α-hetero) is 1. The summed E-state index contributed by atoms with van der Waals surface area (Å²) in [6.45, 7) is 1.62. The lowest BCUT2D eigenvalue weighted by Gasteiger charge is -2.09. The predicted molar refractivity (Wildman–Crippen MR) is 92.9 cm³/mol. The summed E-state index contributed by atoms with van der Waals surface area (Å²) in [7, 11) is 2.98. The molecule has 1 aromatic carbocycles. The number of hydrogen-bond acceptors (Lipinski definition) is 6. The van der Waals surface area contributed by atoms with Crippen molar-refractivity contribution < 1.29 is 23.8 Å². The molecule has 0 saturated carbocycles. The molecule has 2 aromatic rings. The van der Waals surface area contributed by atoms with Gasteiger partial charge in [0, 0.05) is 15.8 Å². The molecule has 2 rings (SSSR count). The van der Waals surface area contributed by atoms with Crippen molar-refractivity contribution in [2.45, 2.75) is 6.92 Å². The third-order valence-electron chi connectivity index (χ3n) is 3.20. The Morgan fingerprint density at radius 2 is 1.92 bits per heavy atom. The number of hydrogen-bond donors (Lipinski definition) is 0. The van der Waals surface area contributed by atoms with Crippen LogP contribution in [0, 0.1) is 6.92 Å². The number of ether oxygens (including phenoxy) is 3. The SMILES string of the molecule is COc1ccc(OC)c(C(=O)COC(=O)/C=C/c2ccc(C)s2)c1. The Kier molecular flexibility index (Phi) is 6.14. The van der Waals surface area contributed by atoms with Gasteiger partial charge in [0.2, 0.25) is 5.78 Å². The Morgan fingerprint density at radius 3 is 2.54 bits per heavy atom. The molecule has 0 aliphatic rings. The highest BCUT2D eigenvalue weighted by Gasteiger charge is 2.15. The first kappa shape index (κ1) is 17.7. The van der Waals surface area contributed by atoms with Gasteiger partial charge >= 0.3 is 5.97 Å². The molecule has 0 spiro atoms. The molecule has 0 unspecified atom stereocenters. The largest absolute Gasteiger partial charge is 0.497 e. The smallest absolute Gasteiger partial charge is 0.331 e. The Bertz CT molecular complexity index is 761. The summed E-state index contributed by atoms with van der Waals surface area (Å²) in [6, 6.07) is 8.75. The second-order valence-corrected chi connectivity index (χ2v) is 6.20. The van der Waals surface area contributed by atoms with Crippen molar-refractivity contribution in [3.8, 4) is 11.5 Å². The fourth-order valence-electron chi connectivity index (χ4n) is 1.99. The van der Waals surface area contributed by atoms with E-state index in [1.54, 1.807) is 35.6 Å². The van der Waals surface area contributed by atoms with E-state index in [4.69, 9.17) is 14.2 Å². The first-order chi connectivity index (χ1) is 11.5. The number of thiophene rings is 1. The molecule has 0 N–H and O–H groups in total.